The molecule has 0 bridgehead atoms. The van der Waals surface area contributed by atoms with Gasteiger partial charge in [0.1, 0.15) is 12.2 Å². The molecule has 3 heterocycles. The van der Waals surface area contributed by atoms with Crippen molar-refractivity contribution in [3.05, 3.63) is 16.7 Å². The van der Waals surface area contributed by atoms with E-state index in [9.17, 15) is 15.0 Å². The lowest BCUT2D eigenvalue weighted by molar-refractivity contribution is -0.0447. The number of hydrogen-bond donors (Lipinski definition) is 5. The van der Waals surface area contributed by atoms with Gasteiger partial charge in [-0.25, -0.2) is 4.98 Å². The minimum Gasteiger partial charge on any atom is -0.394 e. The number of aliphatic hydroxyl groups is 2. The number of ether oxygens (including phenoxy) is 1. The topological polar surface area (TPSA) is 165 Å². The first-order valence-corrected chi connectivity index (χ1v) is 6.35. The number of anilines is 1. The Balaban J connectivity index is 2.19. The number of imidazole rings is 1. The number of aliphatic hydroxyl groups excluding tert-OH is 2. The lowest BCUT2D eigenvalue weighted by atomic mass is 9.92. The van der Waals surface area contributed by atoms with Gasteiger partial charge in [-0.2, -0.15) is 4.98 Å². The Hall–Kier alpha value is -2.45. The molecule has 2 aromatic rings. The third-order valence-electron chi connectivity index (χ3n) is 3.69. The summed E-state index contributed by atoms with van der Waals surface area (Å²) in [5.41, 5.74) is 9.57. The summed E-state index contributed by atoms with van der Waals surface area (Å²) in [5.74, 6) is 2.17. The van der Waals surface area contributed by atoms with E-state index < -0.39 is 36.1 Å². The van der Waals surface area contributed by atoms with E-state index in [0.717, 1.165) is 0 Å². The fraction of sp³-hybridized carbons (Fsp3) is 0.417. The zero-order chi connectivity index (χ0) is 16.1. The highest BCUT2D eigenvalue weighted by Gasteiger charge is 2.54. The van der Waals surface area contributed by atoms with E-state index >= 15 is 0 Å². The molecule has 4 atom stereocenters. The van der Waals surface area contributed by atoms with Gasteiger partial charge in [0.25, 0.3) is 5.56 Å². The fourth-order valence-electron chi connectivity index (χ4n) is 2.52. The Morgan fingerprint density at radius 2 is 2.36 bits per heavy atom. The number of nitrogens with two attached hydrogens (primary N) is 2. The van der Waals surface area contributed by atoms with Crippen molar-refractivity contribution < 1.29 is 14.9 Å². The van der Waals surface area contributed by atoms with E-state index in [0.29, 0.717) is 0 Å². The maximum atomic E-state index is 11.8. The molecular weight excluding hydrogens is 292 g/mol. The van der Waals surface area contributed by atoms with Gasteiger partial charge in [-0.15, -0.1) is 6.42 Å². The van der Waals surface area contributed by atoms with Gasteiger partial charge in [-0.05, 0) is 0 Å². The highest BCUT2D eigenvalue weighted by atomic mass is 16.5. The third kappa shape index (κ3) is 1.81. The first kappa shape index (κ1) is 14.5. The van der Waals surface area contributed by atoms with Crippen molar-refractivity contribution in [3.63, 3.8) is 0 Å². The van der Waals surface area contributed by atoms with Gasteiger partial charge in [-0.3, -0.25) is 14.3 Å². The molecule has 1 aliphatic heterocycles. The summed E-state index contributed by atoms with van der Waals surface area (Å²) in [7, 11) is 0. The number of nitrogens with zero attached hydrogens (tertiary/aromatic N) is 3. The zero-order valence-corrected chi connectivity index (χ0v) is 11.3. The zero-order valence-electron chi connectivity index (χ0n) is 11.3. The van der Waals surface area contributed by atoms with Crippen molar-refractivity contribution in [3.8, 4) is 12.3 Å². The van der Waals surface area contributed by atoms with Crippen molar-refractivity contribution in [1.29, 1.82) is 0 Å². The van der Waals surface area contributed by atoms with Crippen LogP contribution >= 0.6 is 0 Å². The SMILES string of the molecule is C#CC1(N)[C@@H](O)[C@@H](CO)O[C@H]1n1cnc2c(=O)[nH]c(N)nc21. The van der Waals surface area contributed by atoms with Crippen LogP contribution in [0.1, 0.15) is 6.23 Å². The molecule has 0 saturated carbocycles. The number of aromatic amines is 1. The largest absolute Gasteiger partial charge is 0.394 e. The molecule has 10 heteroatoms. The monoisotopic (exact) mass is 306 g/mol. The molecule has 1 saturated heterocycles. The normalized spacial score (nSPS) is 31.5. The fourth-order valence-corrected chi connectivity index (χ4v) is 2.52. The highest BCUT2D eigenvalue weighted by molar-refractivity contribution is 5.70. The van der Waals surface area contributed by atoms with Crippen LogP contribution in [0.3, 0.4) is 0 Å². The lowest BCUT2D eigenvalue weighted by Crippen LogP contribution is -2.53. The predicted octanol–water partition coefficient (Wildman–Crippen LogP) is -2.72. The van der Waals surface area contributed by atoms with E-state index in [-0.39, 0.29) is 17.1 Å². The number of fused-ring (bicyclic) bond motifs is 1. The van der Waals surface area contributed by atoms with Gasteiger partial charge in [0, 0.05) is 0 Å². The van der Waals surface area contributed by atoms with Gasteiger partial charge in [0.2, 0.25) is 5.95 Å². The van der Waals surface area contributed by atoms with Gasteiger partial charge in [0.05, 0.1) is 12.9 Å². The van der Waals surface area contributed by atoms with E-state index in [2.05, 4.69) is 20.9 Å². The molecular formula is C12H14N6O4. The van der Waals surface area contributed by atoms with Gasteiger partial charge < -0.3 is 26.4 Å². The Labute approximate surface area is 123 Å². The third-order valence-corrected chi connectivity index (χ3v) is 3.69. The molecule has 116 valence electrons. The quantitative estimate of drug-likeness (QED) is 0.373. The van der Waals surface area contributed by atoms with Crippen LogP contribution in [0, 0.1) is 12.3 Å². The van der Waals surface area contributed by atoms with Crippen molar-refractivity contribution >= 4 is 17.1 Å². The summed E-state index contributed by atoms with van der Waals surface area (Å²) in [5, 5.41) is 19.4. The molecule has 7 N–H and O–H groups in total. The van der Waals surface area contributed by atoms with Crippen LogP contribution in [0.25, 0.3) is 11.2 Å². The number of nitrogens with one attached hydrogen (secondary N) is 1. The van der Waals surface area contributed by atoms with Crippen molar-refractivity contribution in [1.82, 2.24) is 19.5 Å². The number of rotatable bonds is 2. The molecule has 0 amide bonds. The minimum absolute atomic E-state index is 0.0270. The molecule has 0 aliphatic carbocycles. The van der Waals surface area contributed by atoms with Crippen LogP contribution in [-0.4, -0.2) is 54.1 Å². The standard InChI is InChI=1S/C12H14N6O4/c1-2-12(14)7(20)5(3-19)22-10(12)18-4-15-6-8(18)16-11(13)17-9(6)21/h1,4-5,7,10,19-20H,3,14H2,(H3,13,16,17,21)/t5-,7+,10-,12?/m1/s1. The predicted molar refractivity (Wildman–Crippen MR) is 75.3 cm³/mol. The molecule has 0 radical (unpaired) electrons. The summed E-state index contributed by atoms with van der Waals surface area (Å²) in [6.45, 7) is -0.471. The maximum absolute atomic E-state index is 11.8. The van der Waals surface area contributed by atoms with Crippen LogP contribution < -0.4 is 17.0 Å². The smallest absolute Gasteiger partial charge is 0.280 e. The van der Waals surface area contributed by atoms with E-state index in [1.807, 2.05) is 0 Å². The number of terminal acetylenes is 1. The molecule has 0 spiro atoms. The summed E-state index contributed by atoms with van der Waals surface area (Å²) in [6, 6.07) is 0. The van der Waals surface area contributed by atoms with Gasteiger partial charge >= 0.3 is 0 Å². The van der Waals surface area contributed by atoms with Crippen LogP contribution in [0.2, 0.25) is 0 Å². The average molecular weight is 306 g/mol. The molecule has 10 nitrogen and oxygen atoms in total. The molecule has 1 unspecified atom stereocenters. The second-order valence-corrected chi connectivity index (χ2v) is 5.01. The molecule has 0 aromatic carbocycles. The number of H-pyrrole nitrogens is 1. The first-order valence-electron chi connectivity index (χ1n) is 6.35. The Morgan fingerprint density at radius 3 is 3.00 bits per heavy atom. The van der Waals surface area contributed by atoms with E-state index in [1.165, 1.54) is 10.9 Å². The Kier molecular flexibility index (Phi) is 3.15. The number of hydrogen-bond acceptors (Lipinski definition) is 8. The number of aromatic nitrogens is 4. The van der Waals surface area contributed by atoms with E-state index in [4.69, 9.17) is 22.6 Å². The molecule has 2 aromatic heterocycles. The van der Waals surface area contributed by atoms with E-state index in [1.54, 1.807) is 0 Å². The lowest BCUT2D eigenvalue weighted by Gasteiger charge is -2.27. The summed E-state index contributed by atoms with van der Waals surface area (Å²) in [6.07, 6.45) is 3.36. The van der Waals surface area contributed by atoms with Crippen molar-refractivity contribution in [2.45, 2.75) is 24.0 Å². The van der Waals surface area contributed by atoms with Crippen LogP contribution in [0.4, 0.5) is 5.95 Å². The average Bonchev–Trinajstić information content (AvgIpc) is 3.00. The maximum Gasteiger partial charge on any atom is 0.280 e. The van der Waals surface area contributed by atoms with Crippen molar-refractivity contribution in [2.75, 3.05) is 12.3 Å². The second kappa shape index (κ2) is 4.79. The molecule has 3 rings (SSSR count). The first-order chi connectivity index (χ1) is 10.4. The molecule has 1 aliphatic rings. The molecule has 1 fully saturated rings. The Bertz CT molecular complexity index is 823. The molecule has 22 heavy (non-hydrogen) atoms. The second-order valence-electron chi connectivity index (χ2n) is 5.01. The van der Waals surface area contributed by atoms with Gasteiger partial charge in [0.15, 0.2) is 22.9 Å². The van der Waals surface area contributed by atoms with Crippen LogP contribution in [0.15, 0.2) is 11.1 Å². The summed E-state index contributed by atoms with van der Waals surface area (Å²) < 4.78 is 6.84. The minimum atomic E-state index is -1.62. The van der Waals surface area contributed by atoms with Gasteiger partial charge in [-0.1, -0.05) is 5.92 Å². The van der Waals surface area contributed by atoms with Crippen molar-refractivity contribution in [2.24, 2.45) is 5.73 Å². The highest BCUT2D eigenvalue weighted by Crippen LogP contribution is 2.37. The summed E-state index contributed by atoms with van der Waals surface area (Å²) >= 11 is 0. The number of nitrogen functional groups attached to an aromatic ring is 1. The summed E-state index contributed by atoms with van der Waals surface area (Å²) in [4.78, 5) is 22.0. The van der Waals surface area contributed by atoms with Crippen LogP contribution in [-0.2, 0) is 4.74 Å². The Morgan fingerprint density at radius 1 is 1.64 bits per heavy atom. The van der Waals surface area contributed by atoms with Crippen LogP contribution in [0.5, 0.6) is 0 Å².